The fourth-order valence-electron chi connectivity index (χ4n) is 2.34. The molecule has 2 N–H and O–H groups in total. The van der Waals surface area contributed by atoms with E-state index in [-0.39, 0.29) is 11.5 Å². The molecule has 3 rings (SSSR count). The molecule has 1 saturated carbocycles. The number of aromatic nitrogens is 3. The Bertz CT molecular complexity index is 613. The van der Waals surface area contributed by atoms with Crippen LogP contribution >= 0.6 is 0 Å². The number of nitrogens with two attached hydrogens (primary N) is 1. The first-order valence-corrected chi connectivity index (χ1v) is 6.15. The Morgan fingerprint density at radius 2 is 2.11 bits per heavy atom. The van der Waals surface area contributed by atoms with Crippen LogP contribution in [0.5, 0.6) is 0 Å². The zero-order chi connectivity index (χ0) is 13.6. The van der Waals surface area contributed by atoms with E-state index < -0.39 is 11.7 Å². The molecule has 0 aromatic carbocycles. The number of halogens is 3. The van der Waals surface area contributed by atoms with Crippen LogP contribution in [-0.2, 0) is 12.6 Å². The summed E-state index contributed by atoms with van der Waals surface area (Å²) in [5, 5.41) is 3.65. The molecule has 1 aliphatic rings. The van der Waals surface area contributed by atoms with Crippen LogP contribution in [0.15, 0.2) is 12.3 Å². The third-order valence-electron chi connectivity index (χ3n) is 3.58. The minimum absolute atomic E-state index is 0.190. The predicted molar refractivity (Wildman–Crippen MR) is 63.4 cm³/mol. The van der Waals surface area contributed by atoms with Crippen LogP contribution in [0.4, 0.5) is 19.0 Å². The predicted octanol–water partition coefficient (Wildman–Crippen LogP) is 2.67. The molecule has 4 nitrogen and oxygen atoms in total. The zero-order valence-corrected chi connectivity index (χ0v) is 10.1. The maximum Gasteiger partial charge on any atom is 0.421 e. The summed E-state index contributed by atoms with van der Waals surface area (Å²) in [5.74, 6) is 0.710. The van der Waals surface area contributed by atoms with Gasteiger partial charge in [0.25, 0.3) is 0 Å². The molecule has 0 spiro atoms. The molecule has 0 radical (unpaired) electrons. The average molecular weight is 270 g/mol. The van der Waals surface area contributed by atoms with Gasteiger partial charge in [-0.15, -0.1) is 0 Å². The molecule has 0 amide bonds. The third kappa shape index (κ3) is 2.13. The van der Waals surface area contributed by atoms with Crippen molar-refractivity contribution in [3.63, 3.8) is 0 Å². The number of hydrogen-bond donors (Lipinski definition) is 1. The Morgan fingerprint density at radius 3 is 2.68 bits per heavy atom. The summed E-state index contributed by atoms with van der Waals surface area (Å²) in [6.07, 6.45) is 0.393. The number of anilines is 1. The lowest BCUT2D eigenvalue weighted by Gasteiger charge is -2.24. The third-order valence-corrected chi connectivity index (χ3v) is 3.58. The Labute approximate surface area is 107 Å². The summed E-state index contributed by atoms with van der Waals surface area (Å²) in [6, 6.07) is 1.61. The van der Waals surface area contributed by atoms with E-state index >= 15 is 0 Å². The second-order valence-corrected chi connectivity index (χ2v) is 4.96. The number of nitrogen functional groups attached to an aromatic ring is 1. The van der Waals surface area contributed by atoms with Gasteiger partial charge >= 0.3 is 6.18 Å². The highest BCUT2D eigenvalue weighted by atomic mass is 19.4. The molecular weight excluding hydrogens is 257 g/mol. The minimum Gasteiger partial charge on any atom is -0.384 e. The maximum absolute atomic E-state index is 12.8. The monoisotopic (exact) mass is 270 g/mol. The number of fused-ring (bicyclic) bond motifs is 1. The maximum atomic E-state index is 12.8. The van der Waals surface area contributed by atoms with E-state index in [1.807, 2.05) is 0 Å². The van der Waals surface area contributed by atoms with E-state index in [1.165, 1.54) is 6.42 Å². The van der Waals surface area contributed by atoms with E-state index in [2.05, 4.69) is 10.1 Å². The number of hydrogen-bond acceptors (Lipinski definition) is 3. The van der Waals surface area contributed by atoms with Gasteiger partial charge in [0.1, 0.15) is 11.4 Å². The highest BCUT2D eigenvalue weighted by Crippen LogP contribution is 2.33. The Hall–Kier alpha value is -1.79. The van der Waals surface area contributed by atoms with Crippen LogP contribution in [-0.4, -0.2) is 14.6 Å². The van der Waals surface area contributed by atoms with Crippen molar-refractivity contribution >= 4 is 11.5 Å². The van der Waals surface area contributed by atoms with Crippen LogP contribution in [0.3, 0.4) is 0 Å². The molecule has 2 heterocycles. The molecule has 102 valence electrons. The number of rotatable bonds is 2. The minimum atomic E-state index is -4.46. The Morgan fingerprint density at radius 1 is 1.37 bits per heavy atom. The normalized spacial score (nSPS) is 16.8. The zero-order valence-electron chi connectivity index (χ0n) is 10.1. The van der Waals surface area contributed by atoms with Crippen LogP contribution < -0.4 is 5.73 Å². The number of nitrogens with zero attached hydrogens (tertiary/aromatic N) is 3. The highest BCUT2D eigenvalue weighted by molar-refractivity contribution is 5.54. The van der Waals surface area contributed by atoms with Crippen molar-refractivity contribution in [2.24, 2.45) is 5.92 Å². The Balaban J connectivity index is 2.06. The van der Waals surface area contributed by atoms with Crippen LogP contribution in [0.2, 0.25) is 0 Å². The van der Waals surface area contributed by atoms with Crippen molar-refractivity contribution in [1.82, 2.24) is 14.6 Å². The van der Waals surface area contributed by atoms with Gasteiger partial charge in [-0.05, 0) is 12.3 Å². The van der Waals surface area contributed by atoms with E-state index in [1.54, 1.807) is 6.07 Å². The molecule has 0 saturated heterocycles. The molecule has 2 aromatic heterocycles. The van der Waals surface area contributed by atoms with E-state index in [0.717, 1.165) is 23.6 Å². The van der Waals surface area contributed by atoms with Gasteiger partial charge in [-0.2, -0.15) is 22.8 Å². The van der Waals surface area contributed by atoms with Crippen LogP contribution in [0.1, 0.15) is 30.5 Å². The van der Waals surface area contributed by atoms with Gasteiger partial charge in [0, 0.05) is 11.8 Å². The van der Waals surface area contributed by atoms with Crippen LogP contribution in [0.25, 0.3) is 5.65 Å². The molecule has 1 aliphatic carbocycles. The largest absolute Gasteiger partial charge is 0.421 e. The van der Waals surface area contributed by atoms with Gasteiger partial charge < -0.3 is 5.73 Å². The lowest BCUT2D eigenvalue weighted by molar-refractivity contribution is -0.136. The summed E-state index contributed by atoms with van der Waals surface area (Å²) in [5.41, 5.74) is 5.31. The van der Waals surface area contributed by atoms with Crippen molar-refractivity contribution in [3.8, 4) is 0 Å². The van der Waals surface area contributed by atoms with Crippen molar-refractivity contribution in [3.05, 3.63) is 23.5 Å². The standard InChI is InChI=1S/C12H13F3N4/c13-12(14,15)9-6-17-19-10(16)5-8(18-11(9)19)4-7-2-1-3-7/h5-7H,1-4,16H2. The molecule has 0 atom stereocenters. The lowest BCUT2D eigenvalue weighted by Crippen LogP contribution is -2.16. The van der Waals surface area contributed by atoms with Gasteiger partial charge in [-0.25, -0.2) is 4.98 Å². The van der Waals surface area contributed by atoms with Crippen molar-refractivity contribution < 1.29 is 13.2 Å². The molecule has 19 heavy (non-hydrogen) atoms. The van der Waals surface area contributed by atoms with Crippen molar-refractivity contribution in [2.75, 3.05) is 5.73 Å². The highest BCUT2D eigenvalue weighted by Gasteiger charge is 2.35. The van der Waals surface area contributed by atoms with Crippen molar-refractivity contribution in [1.29, 1.82) is 0 Å². The summed E-state index contributed by atoms with van der Waals surface area (Å²) in [4.78, 5) is 4.08. The first kappa shape index (κ1) is 12.3. The van der Waals surface area contributed by atoms with Gasteiger partial charge in [-0.1, -0.05) is 19.3 Å². The second-order valence-electron chi connectivity index (χ2n) is 4.96. The molecule has 0 unspecified atom stereocenters. The molecule has 2 aromatic rings. The second kappa shape index (κ2) is 4.11. The summed E-state index contributed by atoms with van der Waals surface area (Å²) in [7, 11) is 0. The van der Waals surface area contributed by atoms with Gasteiger partial charge in [0.2, 0.25) is 0 Å². The molecule has 7 heteroatoms. The summed E-state index contributed by atoms with van der Waals surface area (Å²) >= 11 is 0. The van der Waals surface area contributed by atoms with E-state index in [9.17, 15) is 13.2 Å². The molecular formula is C12H13F3N4. The van der Waals surface area contributed by atoms with E-state index in [4.69, 9.17) is 5.73 Å². The van der Waals surface area contributed by atoms with E-state index in [0.29, 0.717) is 18.0 Å². The summed E-state index contributed by atoms with van der Waals surface area (Å²) in [6.45, 7) is 0. The summed E-state index contributed by atoms with van der Waals surface area (Å²) < 4.78 is 39.5. The molecule has 0 aliphatic heterocycles. The first-order valence-electron chi connectivity index (χ1n) is 6.15. The average Bonchev–Trinajstić information content (AvgIpc) is 2.67. The fourth-order valence-corrected chi connectivity index (χ4v) is 2.34. The van der Waals surface area contributed by atoms with Gasteiger partial charge in [-0.3, -0.25) is 0 Å². The molecule has 1 fully saturated rings. The number of alkyl halides is 3. The van der Waals surface area contributed by atoms with Crippen LogP contribution in [0, 0.1) is 5.92 Å². The Kier molecular flexibility index (Phi) is 2.65. The smallest absolute Gasteiger partial charge is 0.384 e. The first-order chi connectivity index (χ1) is 8.95. The van der Waals surface area contributed by atoms with Gasteiger partial charge in [0.15, 0.2) is 5.65 Å². The molecule has 0 bridgehead atoms. The fraction of sp³-hybridized carbons (Fsp3) is 0.500. The SMILES string of the molecule is Nc1cc(CC2CCC2)nc2c(C(F)(F)F)cnn12. The van der Waals surface area contributed by atoms with Crippen molar-refractivity contribution in [2.45, 2.75) is 31.9 Å². The lowest BCUT2D eigenvalue weighted by atomic mass is 9.82. The van der Waals surface area contributed by atoms with Gasteiger partial charge in [0.05, 0.1) is 6.20 Å². The quantitative estimate of drug-likeness (QED) is 0.912. The topological polar surface area (TPSA) is 56.2 Å².